The maximum absolute atomic E-state index is 14.0. The Morgan fingerprint density at radius 3 is 2.67 bits per heavy atom. The van der Waals surface area contributed by atoms with Crippen LogP contribution in [0.15, 0.2) is 42.5 Å². The molecule has 0 bridgehead atoms. The summed E-state index contributed by atoms with van der Waals surface area (Å²) in [7, 11) is 0. The van der Waals surface area contributed by atoms with Crippen LogP contribution in [0, 0.1) is 5.82 Å². The minimum atomic E-state index is -0.363. The topological polar surface area (TPSA) is 35.2 Å². The van der Waals surface area contributed by atoms with Crippen molar-refractivity contribution in [1.29, 1.82) is 0 Å². The molecule has 0 saturated heterocycles. The molecule has 2 nitrogen and oxygen atoms in total. The molecule has 0 aliphatic heterocycles. The Bertz CT molecular complexity index is 603. The number of hydrogen-bond acceptors (Lipinski definition) is 2. The van der Waals surface area contributed by atoms with Gasteiger partial charge in [-0.2, -0.15) is 0 Å². The normalized spacial score (nSPS) is 12.2. The van der Waals surface area contributed by atoms with Crippen LogP contribution in [0.5, 0.6) is 5.75 Å². The molecule has 112 valence electrons. The third-order valence-electron chi connectivity index (χ3n) is 3.30. The van der Waals surface area contributed by atoms with Crippen LogP contribution in [0.3, 0.4) is 0 Å². The molecular formula is C17H19ClFNO. The first-order valence-electron chi connectivity index (χ1n) is 6.99. The molecule has 0 amide bonds. The average Bonchev–Trinajstić information content (AvgIpc) is 2.46. The highest BCUT2D eigenvalue weighted by molar-refractivity contribution is 6.30. The van der Waals surface area contributed by atoms with Crippen molar-refractivity contribution >= 4 is 11.6 Å². The van der Waals surface area contributed by atoms with E-state index in [4.69, 9.17) is 22.1 Å². The fourth-order valence-corrected chi connectivity index (χ4v) is 2.24. The van der Waals surface area contributed by atoms with E-state index in [-0.39, 0.29) is 24.2 Å². The van der Waals surface area contributed by atoms with Crippen LogP contribution in [0.4, 0.5) is 4.39 Å². The van der Waals surface area contributed by atoms with Gasteiger partial charge in [-0.1, -0.05) is 36.7 Å². The minimum absolute atomic E-state index is 0.0580. The average molecular weight is 308 g/mol. The van der Waals surface area contributed by atoms with Gasteiger partial charge < -0.3 is 10.5 Å². The van der Waals surface area contributed by atoms with Crippen LogP contribution in [0.1, 0.15) is 24.5 Å². The van der Waals surface area contributed by atoms with Gasteiger partial charge in [-0.15, -0.1) is 0 Å². The summed E-state index contributed by atoms with van der Waals surface area (Å²) < 4.78 is 19.5. The smallest absolute Gasteiger partial charge is 0.165 e. The molecule has 0 saturated carbocycles. The van der Waals surface area contributed by atoms with Crippen molar-refractivity contribution in [3.63, 3.8) is 0 Å². The van der Waals surface area contributed by atoms with Gasteiger partial charge in [0.25, 0.3) is 0 Å². The zero-order valence-corrected chi connectivity index (χ0v) is 12.7. The van der Waals surface area contributed by atoms with Crippen molar-refractivity contribution < 1.29 is 9.13 Å². The quantitative estimate of drug-likeness (QED) is 0.861. The molecule has 1 atom stereocenters. The largest absolute Gasteiger partial charge is 0.486 e. The molecule has 1 unspecified atom stereocenters. The first-order valence-corrected chi connectivity index (χ1v) is 7.37. The van der Waals surface area contributed by atoms with E-state index < -0.39 is 0 Å². The number of ether oxygens (including phenoxy) is 1. The molecule has 0 radical (unpaired) electrons. The van der Waals surface area contributed by atoms with Crippen molar-refractivity contribution in [1.82, 2.24) is 0 Å². The molecule has 0 spiro atoms. The fraction of sp³-hybridized carbons (Fsp3) is 0.294. The second-order valence-corrected chi connectivity index (χ2v) is 5.49. The molecule has 0 aliphatic carbocycles. The highest BCUT2D eigenvalue weighted by Gasteiger charge is 2.08. The highest BCUT2D eigenvalue weighted by Crippen LogP contribution is 2.21. The molecule has 0 heterocycles. The summed E-state index contributed by atoms with van der Waals surface area (Å²) in [5.74, 6) is -0.123. The lowest BCUT2D eigenvalue weighted by atomic mass is 10.0. The van der Waals surface area contributed by atoms with E-state index >= 15 is 0 Å². The maximum atomic E-state index is 14.0. The minimum Gasteiger partial charge on any atom is -0.486 e. The van der Waals surface area contributed by atoms with Gasteiger partial charge in [-0.25, -0.2) is 4.39 Å². The van der Waals surface area contributed by atoms with Crippen LogP contribution in [0.25, 0.3) is 0 Å². The molecule has 2 aromatic rings. The molecule has 0 aromatic heterocycles. The SMILES string of the molecule is CCC(N)Cc1ccc(OCc2cccc(Cl)c2)c(F)c1. The Morgan fingerprint density at radius 1 is 1.19 bits per heavy atom. The Hall–Kier alpha value is -1.58. The summed E-state index contributed by atoms with van der Waals surface area (Å²) >= 11 is 5.90. The standard InChI is InChI=1S/C17H19ClFNO/c1-2-15(20)9-12-6-7-17(16(19)10-12)21-11-13-4-3-5-14(18)8-13/h3-8,10,15H,2,9,11,20H2,1H3. The molecule has 21 heavy (non-hydrogen) atoms. The van der Waals surface area contributed by atoms with E-state index in [1.54, 1.807) is 18.2 Å². The number of nitrogens with two attached hydrogens (primary N) is 1. The maximum Gasteiger partial charge on any atom is 0.165 e. The van der Waals surface area contributed by atoms with Crippen LogP contribution in [0.2, 0.25) is 5.02 Å². The van der Waals surface area contributed by atoms with Gasteiger partial charge in [0.1, 0.15) is 6.61 Å². The van der Waals surface area contributed by atoms with Gasteiger partial charge in [-0.05, 0) is 48.2 Å². The van der Waals surface area contributed by atoms with Crippen molar-refractivity contribution in [3.05, 3.63) is 64.4 Å². The molecule has 2 N–H and O–H groups in total. The fourth-order valence-electron chi connectivity index (χ4n) is 2.02. The van der Waals surface area contributed by atoms with E-state index in [0.717, 1.165) is 17.5 Å². The van der Waals surface area contributed by atoms with Gasteiger partial charge in [0, 0.05) is 11.1 Å². The van der Waals surface area contributed by atoms with Gasteiger partial charge in [-0.3, -0.25) is 0 Å². The predicted molar refractivity (Wildman–Crippen MR) is 84.2 cm³/mol. The van der Waals surface area contributed by atoms with Crippen molar-refractivity contribution in [3.8, 4) is 5.75 Å². The summed E-state index contributed by atoms with van der Waals surface area (Å²) in [5.41, 5.74) is 7.66. The van der Waals surface area contributed by atoms with Crippen molar-refractivity contribution in [2.75, 3.05) is 0 Å². The van der Waals surface area contributed by atoms with E-state index in [2.05, 4.69) is 0 Å². The molecule has 0 fully saturated rings. The third kappa shape index (κ3) is 4.73. The van der Waals surface area contributed by atoms with Gasteiger partial charge in [0.2, 0.25) is 0 Å². The Labute approximate surface area is 129 Å². The first-order chi connectivity index (χ1) is 10.1. The summed E-state index contributed by atoms with van der Waals surface area (Å²) in [6.45, 7) is 2.30. The summed E-state index contributed by atoms with van der Waals surface area (Å²) in [4.78, 5) is 0. The third-order valence-corrected chi connectivity index (χ3v) is 3.54. The molecule has 4 heteroatoms. The Morgan fingerprint density at radius 2 is 2.00 bits per heavy atom. The number of halogens is 2. The predicted octanol–water partition coefficient (Wildman–Crippen LogP) is 4.34. The number of rotatable bonds is 6. The van der Waals surface area contributed by atoms with Gasteiger partial charge in [0.15, 0.2) is 11.6 Å². The Balaban J connectivity index is 2.01. The molecular weight excluding hydrogens is 289 g/mol. The van der Waals surface area contributed by atoms with Crippen molar-refractivity contribution in [2.24, 2.45) is 5.73 Å². The Kier molecular flexibility index (Phi) is 5.59. The zero-order valence-electron chi connectivity index (χ0n) is 12.0. The van der Waals surface area contributed by atoms with Crippen LogP contribution < -0.4 is 10.5 Å². The summed E-state index contributed by atoms with van der Waals surface area (Å²) in [6.07, 6.45) is 1.54. The molecule has 2 rings (SSSR count). The van der Waals surface area contributed by atoms with Gasteiger partial charge >= 0.3 is 0 Å². The van der Waals surface area contributed by atoms with Gasteiger partial charge in [0.05, 0.1) is 0 Å². The van der Waals surface area contributed by atoms with E-state index in [0.29, 0.717) is 11.4 Å². The number of benzene rings is 2. The second kappa shape index (κ2) is 7.43. The lowest BCUT2D eigenvalue weighted by Crippen LogP contribution is -2.21. The lowest BCUT2D eigenvalue weighted by Gasteiger charge is -2.11. The first kappa shape index (κ1) is 15.8. The monoisotopic (exact) mass is 307 g/mol. The van der Waals surface area contributed by atoms with E-state index in [1.165, 1.54) is 6.07 Å². The van der Waals surface area contributed by atoms with E-state index in [1.807, 2.05) is 25.1 Å². The highest BCUT2D eigenvalue weighted by atomic mass is 35.5. The van der Waals surface area contributed by atoms with Crippen molar-refractivity contribution in [2.45, 2.75) is 32.4 Å². The number of hydrogen-bond donors (Lipinski definition) is 1. The van der Waals surface area contributed by atoms with Crippen LogP contribution in [-0.2, 0) is 13.0 Å². The zero-order chi connectivity index (χ0) is 15.2. The second-order valence-electron chi connectivity index (χ2n) is 5.06. The lowest BCUT2D eigenvalue weighted by molar-refractivity contribution is 0.290. The molecule has 0 aliphatic rings. The van der Waals surface area contributed by atoms with Crippen LogP contribution in [-0.4, -0.2) is 6.04 Å². The summed E-state index contributed by atoms with van der Waals surface area (Å²) in [5, 5.41) is 0.639. The summed E-state index contributed by atoms with van der Waals surface area (Å²) in [6, 6.07) is 12.4. The van der Waals surface area contributed by atoms with E-state index in [9.17, 15) is 4.39 Å². The van der Waals surface area contributed by atoms with Crippen LogP contribution >= 0.6 is 11.6 Å². The molecule has 2 aromatic carbocycles.